The summed E-state index contributed by atoms with van der Waals surface area (Å²) >= 11 is 0.895. The second-order valence-electron chi connectivity index (χ2n) is 14.4. The van der Waals surface area contributed by atoms with Gasteiger partial charge in [-0.3, -0.25) is 38.1 Å². The van der Waals surface area contributed by atoms with Gasteiger partial charge in [0.25, 0.3) is 0 Å². The number of carbonyl (C=O) groups excluding carboxylic acids is 7. The summed E-state index contributed by atoms with van der Waals surface area (Å²) in [6.07, 6.45) is 2.79. The van der Waals surface area contributed by atoms with Gasteiger partial charge in [-0.1, -0.05) is 44.2 Å². The Balaban J connectivity index is 2.00. The van der Waals surface area contributed by atoms with Crippen LogP contribution in [0.25, 0.3) is 0 Å². The lowest BCUT2D eigenvalue weighted by atomic mass is 10.0. The highest BCUT2D eigenvalue weighted by molar-refractivity contribution is 8.00. The number of unbranched alkanes of at least 4 members (excludes halogenated alkanes) is 1. The highest BCUT2D eigenvalue weighted by Gasteiger charge is 2.37. The summed E-state index contributed by atoms with van der Waals surface area (Å²) in [6, 6.07) is 1.84. The van der Waals surface area contributed by atoms with Gasteiger partial charge in [0.15, 0.2) is 0 Å². The van der Waals surface area contributed by atoms with Crippen LogP contribution in [0.1, 0.15) is 51.3 Å². The third-order valence-electron chi connectivity index (χ3n) is 8.98. The smallest absolute Gasteiger partial charge is 0.394 e. The van der Waals surface area contributed by atoms with E-state index in [2.05, 4.69) is 41.1 Å². The van der Waals surface area contributed by atoms with Crippen molar-refractivity contribution in [2.45, 2.75) is 89.2 Å². The van der Waals surface area contributed by atoms with Crippen molar-refractivity contribution in [3.63, 3.8) is 0 Å². The number of phosphoric ester groups is 1. The average molecular weight is 868 g/mol. The van der Waals surface area contributed by atoms with Crippen molar-refractivity contribution in [3.8, 4) is 0 Å². The zero-order chi connectivity index (χ0) is 43.7. The van der Waals surface area contributed by atoms with Gasteiger partial charge < -0.3 is 57.1 Å². The van der Waals surface area contributed by atoms with Crippen molar-refractivity contribution in [2.24, 2.45) is 11.7 Å². The number of benzene rings is 1. The number of aryl methyl sites for hydroxylation is 1. The van der Waals surface area contributed by atoms with Gasteiger partial charge in [0, 0.05) is 30.6 Å². The lowest BCUT2D eigenvalue weighted by Crippen LogP contribution is -2.62. The number of aromatic nitrogens is 2. The molecule has 6 atom stereocenters. The number of primary amides is 1. The first-order valence-electron chi connectivity index (χ1n) is 18.9. The fraction of sp³-hybridized carbons (Fsp3) is 0.556. The minimum Gasteiger partial charge on any atom is -0.394 e. The highest BCUT2D eigenvalue weighted by atomic mass is 32.2. The number of rotatable bonds is 14. The van der Waals surface area contributed by atoms with E-state index in [-0.39, 0.29) is 36.8 Å². The molecule has 1 saturated heterocycles. The Hall–Kier alpha value is -4.86. The summed E-state index contributed by atoms with van der Waals surface area (Å²) in [5.74, 6) is -7.07. The maximum absolute atomic E-state index is 13.9. The van der Waals surface area contributed by atoms with Gasteiger partial charge in [0.1, 0.15) is 30.2 Å². The van der Waals surface area contributed by atoms with Gasteiger partial charge in [-0.25, -0.2) is 9.55 Å². The number of thioether (sulfide) groups is 1. The van der Waals surface area contributed by atoms with E-state index in [0.29, 0.717) is 25.0 Å². The van der Waals surface area contributed by atoms with Crippen molar-refractivity contribution in [1.82, 2.24) is 41.5 Å². The van der Waals surface area contributed by atoms with Crippen LogP contribution in [0.5, 0.6) is 0 Å². The molecular weight excluding hydrogens is 813 g/mol. The fourth-order valence-electron chi connectivity index (χ4n) is 5.99. The number of nitrogens with zero attached hydrogens (tertiary/aromatic N) is 2. The number of H-pyrrole nitrogens is 1. The molecule has 1 aliphatic heterocycles. The first-order chi connectivity index (χ1) is 27.9. The number of aliphatic hydroxyl groups is 1. The molecule has 11 N–H and O–H groups in total. The lowest BCUT2D eigenvalue weighted by Gasteiger charge is -2.28. The van der Waals surface area contributed by atoms with E-state index >= 15 is 0 Å². The van der Waals surface area contributed by atoms with E-state index in [0.717, 1.165) is 24.2 Å². The van der Waals surface area contributed by atoms with Crippen LogP contribution in [0, 0.1) is 5.92 Å². The van der Waals surface area contributed by atoms with Gasteiger partial charge in [-0.2, -0.15) is 0 Å². The molecule has 326 valence electrons. The Labute approximate surface area is 345 Å². The predicted molar refractivity (Wildman–Crippen MR) is 214 cm³/mol. The first kappa shape index (κ1) is 48.5. The van der Waals surface area contributed by atoms with Crippen LogP contribution in [0.4, 0.5) is 0 Å². The molecule has 0 saturated carbocycles. The number of hydrogen-bond donors (Lipinski definition) is 10. The van der Waals surface area contributed by atoms with Crippen molar-refractivity contribution in [1.29, 1.82) is 0 Å². The average Bonchev–Trinajstić information content (AvgIpc) is 3.68. The van der Waals surface area contributed by atoms with E-state index in [1.807, 2.05) is 44.2 Å². The number of phosphoric acid groups is 1. The molecule has 3 rings (SSSR count). The molecule has 23 heteroatoms. The summed E-state index contributed by atoms with van der Waals surface area (Å²) < 4.78 is 16.4. The third kappa shape index (κ3) is 17.1. The largest absolute Gasteiger partial charge is 0.469 e. The molecule has 0 radical (unpaired) electrons. The second kappa shape index (κ2) is 23.7. The Morgan fingerprint density at radius 3 is 2.20 bits per heavy atom. The zero-order valence-electron chi connectivity index (χ0n) is 33.0. The number of aromatic amines is 1. The van der Waals surface area contributed by atoms with Crippen LogP contribution < -0.4 is 32.3 Å². The van der Waals surface area contributed by atoms with Crippen molar-refractivity contribution < 1.29 is 57.5 Å². The number of aliphatic hydroxyl groups excluding tert-OH is 1. The van der Waals surface area contributed by atoms with Crippen LogP contribution in [0.15, 0.2) is 42.9 Å². The van der Waals surface area contributed by atoms with Crippen LogP contribution in [0.2, 0.25) is 0 Å². The van der Waals surface area contributed by atoms with Gasteiger partial charge in [-0.15, -0.1) is 11.8 Å². The number of carbonyl (C=O) groups is 7. The fourth-order valence-corrected chi connectivity index (χ4v) is 7.50. The Kier molecular flexibility index (Phi) is 19.5. The summed E-state index contributed by atoms with van der Waals surface area (Å²) in [6.45, 7) is 3.34. The molecule has 0 spiro atoms. The molecule has 7 amide bonds. The van der Waals surface area contributed by atoms with Crippen molar-refractivity contribution in [3.05, 3.63) is 54.1 Å². The van der Waals surface area contributed by atoms with Crippen LogP contribution in [-0.4, -0.2) is 139 Å². The molecule has 2 heterocycles. The second-order valence-corrected chi connectivity index (χ2v) is 16.6. The number of amides is 7. The monoisotopic (exact) mass is 867 g/mol. The van der Waals surface area contributed by atoms with Gasteiger partial charge in [0.2, 0.25) is 41.4 Å². The SMILES string of the molecule is CC(C)C[C@@H]1NC(=O)CN(CCCCc2ccccc2)C(=O)CSC[C@H](C(N)=O)NC(=O)[C@H]([C@@H](C)OP(=O)(O)O)NC(=O)[C@H](CO)NC(=O)[C@H](Cc2cnc[nH]2)NC1=O. The van der Waals surface area contributed by atoms with Crippen molar-refractivity contribution in [2.75, 3.05) is 31.2 Å². The molecule has 21 nitrogen and oxygen atoms in total. The Morgan fingerprint density at radius 2 is 1.59 bits per heavy atom. The molecule has 1 aromatic carbocycles. The standard InChI is InChI=1S/C36H54N9O12PS/c1-21(2)13-25-33(50)41-26(14-24-15-38-20-39-24)34(51)42-27(17-46)35(52)44-31(22(3)57-58(54,55)56)36(53)43-28(32(37)49)18-59-19-30(48)45(16-29(47)40-25)12-8-7-11-23-9-5-4-6-10-23/h4-6,9-10,15,20-22,25-28,31,46H,7-8,11-14,16-19H2,1-3H3,(H2,37,49)(H,38,39)(H,40,47)(H,41,50)(H,42,51)(H,43,53)(H,44,52)(H2,54,55,56)/t22-,25+,26+,27+,28-,31+/m1/s1. The molecule has 2 aromatic rings. The van der Waals surface area contributed by atoms with Gasteiger partial charge in [0.05, 0.1) is 31.3 Å². The summed E-state index contributed by atoms with van der Waals surface area (Å²) in [4.78, 5) is 121. The van der Waals surface area contributed by atoms with Gasteiger partial charge in [-0.05, 0) is 44.1 Å². The molecule has 1 fully saturated rings. The highest BCUT2D eigenvalue weighted by Crippen LogP contribution is 2.38. The van der Waals surface area contributed by atoms with E-state index < -0.39 is 98.6 Å². The number of imidazole rings is 1. The summed E-state index contributed by atoms with van der Waals surface area (Å²) in [5.41, 5.74) is 7.03. The Bertz CT molecular complexity index is 1780. The first-order valence-corrected chi connectivity index (χ1v) is 21.6. The molecule has 0 unspecified atom stereocenters. The minimum atomic E-state index is -5.27. The lowest BCUT2D eigenvalue weighted by molar-refractivity contribution is -0.137. The molecule has 0 bridgehead atoms. The van der Waals surface area contributed by atoms with Crippen molar-refractivity contribution >= 4 is 60.9 Å². The number of nitrogens with two attached hydrogens (primary N) is 1. The molecule has 0 aliphatic carbocycles. The third-order valence-corrected chi connectivity index (χ3v) is 10.6. The Morgan fingerprint density at radius 1 is 0.932 bits per heavy atom. The maximum atomic E-state index is 13.9. The molecule has 1 aromatic heterocycles. The summed E-state index contributed by atoms with van der Waals surface area (Å²) in [7, 11) is -5.27. The van der Waals surface area contributed by atoms with E-state index in [9.17, 15) is 53.0 Å². The molecule has 59 heavy (non-hydrogen) atoms. The molecule has 1 aliphatic rings. The number of hydrogen-bond acceptors (Lipinski definition) is 12. The topological polar surface area (TPSA) is 325 Å². The van der Waals surface area contributed by atoms with E-state index in [1.54, 1.807) is 0 Å². The zero-order valence-corrected chi connectivity index (χ0v) is 34.7. The predicted octanol–water partition coefficient (Wildman–Crippen LogP) is -2.00. The van der Waals surface area contributed by atoms with E-state index in [1.165, 1.54) is 17.4 Å². The quantitative estimate of drug-likeness (QED) is 0.0726. The number of nitrogens with one attached hydrogen (secondary N) is 6. The molecular formula is C36H54N9O12PS. The minimum absolute atomic E-state index is 0.129. The van der Waals surface area contributed by atoms with Gasteiger partial charge >= 0.3 is 7.82 Å². The van der Waals surface area contributed by atoms with Crippen LogP contribution in [-0.2, 0) is 55.5 Å². The van der Waals surface area contributed by atoms with Crippen LogP contribution >= 0.6 is 19.6 Å². The summed E-state index contributed by atoms with van der Waals surface area (Å²) in [5, 5.41) is 22.2. The maximum Gasteiger partial charge on any atom is 0.469 e. The van der Waals surface area contributed by atoms with Crippen LogP contribution in [0.3, 0.4) is 0 Å². The normalized spacial score (nSPS) is 23.0. The van der Waals surface area contributed by atoms with E-state index in [4.69, 9.17) is 5.73 Å².